The van der Waals surface area contributed by atoms with Crippen LogP contribution in [0.25, 0.3) is 0 Å². The highest BCUT2D eigenvalue weighted by Crippen LogP contribution is 2.15. The molecule has 0 radical (unpaired) electrons. The van der Waals surface area contributed by atoms with Crippen LogP contribution in [0.2, 0.25) is 0 Å². The first-order valence-corrected chi connectivity index (χ1v) is 6.67. The quantitative estimate of drug-likeness (QED) is 0.660. The van der Waals surface area contributed by atoms with E-state index in [9.17, 15) is 0 Å². The van der Waals surface area contributed by atoms with Crippen molar-refractivity contribution in [2.24, 2.45) is 11.7 Å². The fourth-order valence-corrected chi connectivity index (χ4v) is 2.38. The van der Waals surface area contributed by atoms with E-state index in [-0.39, 0.29) is 0 Å². The molecule has 0 bridgehead atoms. The number of likely N-dealkylation sites (tertiary alicyclic amines) is 1. The average molecular weight is 202 g/mol. The number of unbranched alkanes of at least 4 members (excludes halogenated alkanes) is 1. The molecule has 1 rings (SSSR count). The second-order valence-electron chi connectivity index (χ2n) is 3.89. The Kier molecular flexibility index (Phi) is 5.83. The Morgan fingerprint density at radius 2 is 2.31 bits per heavy atom. The molecular formula is C10H22N2S. The predicted molar refractivity (Wildman–Crippen MR) is 61.2 cm³/mol. The second kappa shape index (κ2) is 6.68. The van der Waals surface area contributed by atoms with E-state index in [0.29, 0.717) is 0 Å². The molecule has 1 aliphatic heterocycles. The molecule has 2 N–H and O–H groups in total. The van der Waals surface area contributed by atoms with E-state index < -0.39 is 0 Å². The van der Waals surface area contributed by atoms with Gasteiger partial charge in [-0.2, -0.15) is 11.8 Å². The first-order chi connectivity index (χ1) is 6.36. The van der Waals surface area contributed by atoms with E-state index in [1.165, 1.54) is 44.6 Å². The molecule has 0 aromatic heterocycles. The van der Waals surface area contributed by atoms with Gasteiger partial charge in [0, 0.05) is 6.54 Å². The smallest absolute Gasteiger partial charge is 0.00222 e. The predicted octanol–water partition coefficient (Wildman–Crippen LogP) is 1.41. The highest BCUT2D eigenvalue weighted by Gasteiger charge is 2.19. The summed E-state index contributed by atoms with van der Waals surface area (Å²) in [6.07, 6.45) is 6.22. The number of hydrogen-bond acceptors (Lipinski definition) is 3. The Labute approximate surface area is 86.2 Å². The Balaban J connectivity index is 1.97. The molecule has 1 aliphatic rings. The minimum absolute atomic E-state index is 0.778. The molecule has 1 saturated heterocycles. The topological polar surface area (TPSA) is 29.3 Å². The van der Waals surface area contributed by atoms with Crippen LogP contribution in [-0.2, 0) is 0 Å². The molecule has 0 aromatic carbocycles. The number of nitrogens with zero attached hydrogens (tertiary/aromatic N) is 1. The lowest BCUT2D eigenvalue weighted by atomic mass is 10.1. The van der Waals surface area contributed by atoms with Gasteiger partial charge in [0.25, 0.3) is 0 Å². The maximum absolute atomic E-state index is 5.64. The van der Waals surface area contributed by atoms with Crippen LogP contribution in [-0.4, -0.2) is 43.1 Å². The van der Waals surface area contributed by atoms with Gasteiger partial charge in [-0.1, -0.05) is 0 Å². The molecule has 0 spiro atoms. The Morgan fingerprint density at radius 3 is 2.92 bits per heavy atom. The van der Waals surface area contributed by atoms with E-state index in [2.05, 4.69) is 11.2 Å². The van der Waals surface area contributed by atoms with Gasteiger partial charge in [0.1, 0.15) is 0 Å². The van der Waals surface area contributed by atoms with E-state index in [4.69, 9.17) is 5.73 Å². The van der Waals surface area contributed by atoms with E-state index in [0.717, 1.165) is 12.5 Å². The van der Waals surface area contributed by atoms with Gasteiger partial charge in [-0.15, -0.1) is 0 Å². The lowest BCUT2D eigenvalue weighted by Gasteiger charge is -2.14. The van der Waals surface area contributed by atoms with Crippen LogP contribution < -0.4 is 5.73 Å². The van der Waals surface area contributed by atoms with Crippen molar-refractivity contribution in [3.8, 4) is 0 Å². The third-order valence-corrected chi connectivity index (χ3v) is 3.47. The van der Waals surface area contributed by atoms with Crippen molar-refractivity contribution < 1.29 is 0 Å². The van der Waals surface area contributed by atoms with Gasteiger partial charge < -0.3 is 10.6 Å². The van der Waals surface area contributed by atoms with E-state index in [1.54, 1.807) is 0 Å². The van der Waals surface area contributed by atoms with E-state index in [1.807, 2.05) is 11.8 Å². The van der Waals surface area contributed by atoms with E-state index >= 15 is 0 Å². The number of thioether (sulfide) groups is 1. The van der Waals surface area contributed by atoms with Crippen LogP contribution in [0.15, 0.2) is 0 Å². The third-order valence-electron chi connectivity index (χ3n) is 2.78. The maximum Gasteiger partial charge on any atom is 0.00222 e. The van der Waals surface area contributed by atoms with Crippen LogP contribution in [0.3, 0.4) is 0 Å². The zero-order valence-electron chi connectivity index (χ0n) is 8.67. The number of rotatable bonds is 6. The maximum atomic E-state index is 5.64. The summed E-state index contributed by atoms with van der Waals surface area (Å²) in [6.45, 7) is 4.69. The van der Waals surface area contributed by atoms with Gasteiger partial charge >= 0.3 is 0 Å². The van der Waals surface area contributed by atoms with Crippen LogP contribution in [0.5, 0.6) is 0 Å². The molecule has 13 heavy (non-hydrogen) atoms. The van der Waals surface area contributed by atoms with Crippen LogP contribution in [0.4, 0.5) is 0 Å². The molecule has 0 saturated carbocycles. The largest absolute Gasteiger partial charge is 0.330 e. The summed E-state index contributed by atoms with van der Waals surface area (Å²) in [6, 6.07) is 0. The Bertz CT molecular complexity index is 130. The van der Waals surface area contributed by atoms with Gasteiger partial charge in [-0.3, -0.25) is 0 Å². The molecule has 0 aliphatic carbocycles. The highest BCUT2D eigenvalue weighted by atomic mass is 32.2. The van der Waals surface area contributed by atoms with Gasteiger partial charge in [0.2, 0.25) is 0 Å². The highest BCUT2D eigenvalue weighted by molar-refractivity contribution is 7.98. The van der Waals surface area contributed by atoms with Crippen LogP contribution in [0, 0.1) is 5.92 Å². The van der Waals surface area contributed by atoms with Gasteiger partial charge in [0.15, 0.2) is 0 Å². The van der Waals surface area contributed by atoms with Crippen LogP contribution in [0.1, 0.15) is 19.3 Å². The molecule has 1 fully saturated rings. The van der Waals surface area contributed by atoms with Crippen molar-refractivity contribution in [2.75, 3.05) is 38.2 Å². The lowest BCUT2D eigenvalue weighted by molar-refractivity contribution is 0.320. The minimum atomic E-state index is 0.778. The second-order valence-corrected chi connectivity index (χ2v) is 4.88. The molecular weight excluding hydrogens is 180 g/mol. The van der Waals surface area contributed by atoms with Crippen molar-refractivity contribution in [3.05, 3.63) is 0 Å². The monoisotopic (exact) mass is 202 g/mol. The lowest BCUT2D eigenvalue weighted by Crippen LogP contribution is -2.24. The zero-order chi connectivity index (χ0) is 9.52. The molecule has 1 unspecified atom stereocenters. The summed E-state index contributed by atoms with van der Waals surface area (Å²) >= 11 is 1.95. The summed E-state index contributed by atoms with van der Waals surface area (Å²) in [5.74, 6) is 2.09. The van der Waals surface area contributed by atoms with Crippen molar-refractivity contribution >= 4 is 11.8 Å². The molecule has 3 heteroatoms. The normalized spacial score (nSPS) is 24.0. The first kappa shape index (κ1) is 11.3. The van der Waals surface area contributed by atoms with Gasteiger partial charge in [-0.05, 0) is 56.8 Å². The summed E-state index contributed by atoms with van der Waals surface area (Å²) in [4.78, 5) is 2.57. The molecule has 0 amide bonds. The minimum Gasteiger partial charge on any atom is -0.330 e. The Morgan fingerprint density at radius 1 is 1.46 bits per heavy atom. The van der Waals surface area contributed by atoms with Crippen LogP contribution >= 0.6 is 11.8 Å². The summed E-state index contributed by atoms with van der Waals surface area (Å²) in [5, 5.41) is 0. The first-order valence-electron chi connectivity index (χ1n) is 5.28. The summed E-state index contributed by atoms with van der Waals surface area (Å²) < 4.78 is 0. The molecule has 0 aromatic rings. The van der Waals surface area contributed by atoms with Crippen molar-refractivity contribution in [1.82, 2.24) is 4.90 Å². The number of hydrogen-bond donors (Lipinski definition) is 1. The molecule has 2 nitrogen and oxygen atoms in total. The van der Waals surface area contributed by atoms with Crippen molar-refractivity contribution in [3.63, 3.8) is 0 Å². The van der Waals surface area contributed by atoms with Gasteiger partial charge in [-0.25, -0.2) is 0 Å². The fraction of sp³-hybridized carbons (Fsp3) is 1.00. The third kappa shape index (κ3) is 4.34. The molecule has 1 heterocycles. The summed E-state index contributed by atoms with van der Waals surface area (Å²) in [5.41, 5.74) is 5.64. The number of nitrogens with two attached hydrogens (primary N) is 1. The SMILES string of the molecule is CSCCCCN1CCC(CN)C1. The molecule has 1 atom stereocenters. The average Bonchev–Trinajstić information content (AvgIpc) is 2.60. The van der Waals surface area contributed by atoms with Crippen molar-refractivity contribution in [2.45, 2.75) is 19.3 Å². The van der Waals surface area contributed by atoms with Crippen molar-refractivity contribution in [1.29, 1.82) is 0 Å². The molecule has 78 valence electrons. The van der Waals surface area contributed by atoms with Gasteiger partial charge in [0.05, 0.1) is 0 Å². The zero-order valence-corrected chi connectivity index (χ0v) is 9.48. The fourth-order valence-electron chi connectivity index (χ4n) is 1.89. The Hall–Kier alpha value is 0.270. The standard InChI is InChI=1S/C10H22N2S/c1-13-7-3-2-5-12-6-4-10(8-11)9-12/h10H,2-9,11H2,1H3. The summed E-state index contributed by atoms with van der Waals surface area (Å²) in [7, 11) is 0.